The number of ether oxygens (including phenoxy) is 2. The highest BCUT2D eigenvalue weighted by molar-refractivity contribution is 7.99. The molecule has 0 fully saturated rings. The summed E-state index contributed by atoms with van der Waals surface area (Å²) in [5, 5.41) is 14.5. The number of methoxy groups -OCH3 is 1. The Labute approximate surface area is 237 Å². The molecule has 2 aromatic carbocycles. The van der Waals surface area contributed by atoms with Crippen LogP contribution in [-0.2, 0) is 16.1 Å². The first-order valence-corrected chi connectivity index (χ1v) is 13.9. The summed E-state index contributed by atoms with van der Waals surface area (Å²) in [5.74, 6) is -0.224. The SMILES string of the molecule is C=CCn1c(SCC(=O)Nc2scc(-c3ccc(Cl)cc3)c2C(=O)OC)nnc1C(C)Oc1ccc(F)cc1. The number of carbonyl (C=O) groups is 2. The summed E-state index contributed by atoms with van der Waals surface area (Å²) in [6.07, 6.45) is 1.19. The van der Waals surface area contributed by atoms with E-state index >= 15 is 0 Å². The largest absolute Gasteiger partial charge is 0.483 e. The van der Waals surface area contributed by atoms with Gasteiger partial charge < -0.3 is 14.8 Å². The van der Waals surface area contributed by atoms with Crippen LogP contribution in [0.3, 0.4) is 0 Å². The molecule has 4 rings (SSSR count). The van der Waals surface area contributed by atoms with Gasteiger partial charge in [0, 0.05) is 22.5 Å². The van der Waals surface area contributed by atoms with Crippen LogP contribution in [0.1, 0.15) is 29.2 Å². The zero-order valence-electron chi connectivity index (χ0n) is 21.0. The number of nitrogens with one attached hydrogen (secondary N) is 1. The monoisotopic (exact) mass is 586 g/mol. The van der Waals surface area contributed by atoms with E-state index in [1.807, 2.05) is 0 Å². The van der Waals surface area contributed by atoms with Gasteiger partial charge in [-0.15, -0.1) is 28.1 Å². The minimum absolute atomic E-state index is 0.0112. The van der Waals surface area contributed by atoms with Crippen molar-refractivity contribution in [1.82, 2.24) is 14.8 Å². The fourth-order valence-corrected chi connectivity index (χ4v) is 5.52. The summed E-state index contributed by atoms with van der Waals surface area (Å²) < 4.78 is 25.9. The number of allylic oxidation sites excluding steroid dienone is 1. The lowest BCUT2D eigenvalue weighted by Crippen LogP contribution is -2.17. The van der Waals surface area contributed by atoms with Gasteiger partial charge in [-0.05, 0) is 48.9 Å². The van der Waals surface area contributed by atoms with Gasteiger partial charge in [0.2, 0.25) is 5.91 Å². The van der Waals surface area contributed by atoms with E-state index in [2.05, 4.69) is 22.1 Å². The van der Waals surface area contributed by atoms with Crippen molar-refractivity contribution in [3.05, 3.63) is 88.8 Å². The molecule has 1 unspecified atom stereocenters. The summed E-state index contributed by atoms with van der Waals surface area (Å²) in [7, 11) is 1.29. The highest BCUT2D eigenvalue weighted by Gasteiger charge is 2.24. The third-order valence-electron chi connectivity index (χ3n) is 5.47. The number of esters is 1. The quantitative estimate of drug-likeness (QED) is 0.119. The van der Waals surface area contributed by atoms with E-state index in [1.54, 1.807) is 47.2 Å². The molecule has 0 saturated carbocycles. The van der Waals surface area contributed by atoms with Crippen LogP contribution in [0.2, 0.25) is 5.02 Å². The zero-order chi connectivity index (χ0) is 27.9. The molecule has 0 spiro atoms. The summed E-state index contributed by atoms with van der Waals surface area (Å²) in [6, 6.07) is 12.7. The molecule has 0 saturated heterocycles. The third-order valence-corrected chi connectivity index (χ3v) is 7.58. The second kappa shape index (κ2) is 12.9. The van der Waals surface area contributed by atoms with E-state index in [4.69, 9.17) is 21.1 Å². The number of hydrogen-bond acceptors (Lipinski definition) is 8. The Hall–Kier alpha value is -3.67. The first kappa shape index (κ1) is 28.3. The highest BCUT2D eigenvalue weighted by atomic mass is 35.5. The molecule has 0 aliphatic rings. The van der Waals surface area contributed by atoms with Gasteiger partial charge in [0.1, 0.15) is 22.1 Å². The zero-order valence-corrected chi connectivity index (χ0v) is 23.4. The number of rotatable bonds is 11. The lowest BCUT2D eigenvalue weighted by molar-refractivity contribution is -0.113. The van der Waals surface area contributed by atoms with Gasteiger partial charge in [0.05, 0.1) is 12.9 Å². The maximum absolute atomic E-state index is 13.2. The van der Waals surface area contributed by atoms with Crippen molar-refractivity contribution >= 4 is 51.6 Å². The number of nitrogens with zero attached hydrogens (tertiary/aromatic N) is 3. The van der Waals surface area contributed by atoms with Crippen molar-refractivity contribution in [3.63, 3.8) is 0 Å². The first-order valence-electron chi connectivity index (χ1n) is 11.6. The number of thioether (sulfide) groups is 1. The number of anilines is 1. The van der Waals surface area contributed by atoms with E-state index in [9.17, 15) is 14.0 Å². The fourth-order valence-electron chi connectivity index (χ4n) is 3.67. The van der Waals surface area contributed by atoms with Gasteiger partial charge in [0.25, 0.3) is 0 Å². The average Bonchev–Trinajstić information content (AvgIpc) is 3.53. The molecule has 0 radical (unpaired) electrons. The van der Waals surface area contributed by atoms with Gasteiger partial charge in [-0.2, -0.15) is 0 Å². The molecule has 1 amide bonds. The van der Waals surface area contributed by atoms with Crippen LogP contribution in [0, 0.1) is 5.82 Å². The van der Waals surface area contributed by atoms with Gasteiger partial charge >= 0.3 is 5.97 Å². The molecular formula is C27H24ClFN4O4S2. The number of carbonyl (C=O) groups excluding carboxylic acids is 2. The summed E-state index contributed by atoms with van der Waals surface area (Å²) in [4.78, 5) is 25.5. The summed E-state index contributed by atoms with van der Waals surface area (Å²) >= 11 is 8.41. The van der Waals surface area contributed by atoms with E-state index in [0.29, 0.717) is 38.9 Å². The molecule has 1 atom stereocenters. The molecule has 12 heteroatoms. The lowest BCUT2D eigenvalue weighted by Gasteiger charge is -2.15. The van der Waals surface area contributed by atoms with Crippen molar-refractivity contribution < 1.29 is 23.5 Å². The maximum Gasteiger partial charge on any atom is 0.341 e. The van der Waals surface area contributed by atoms with Crippen LogP contribution in [0.4, 0.5) is 9.39 Å². The summed E-state index contributed by atoms with van der Waals surface area (Å²) in [6.45, 7) is 5.99. The first-order chi connectivity index (χ1) is 18.8. The normalized spacial score (nSPS) is 11.6. The molecule has 2 heterocycles. The van der Waals surface area contributed by atoms with Gasteiger partial charge in [-0.25, -0.2) is 9.18 Å². The van der Waals surface area contributed by atoms with Gasteiger partial charge in [0.15, 0.2) is 17.1 Å². The Morgan fingerprint density at radius 2 is 1.92 bits per heavy atom. The van der Waals surface area contributed by atoms with Crippen molar-refractivity contribution in [1.29, 1.82) is 0 Å². The Morgan fingerprint density at radius 1 is 1.21 bits per heavy atom. The number of aromatic nitrogens is 3. The van der Waals surface area contributed by atoms with Crippen LogP contribution in [0.5, 0.6) is 5.75 Å². The number of halogens is 2. The van der Waals surface area contributed by atoms with Crippen LogP contribution >= 0.6 is 34.7 Å². The van der Waals surface area contributed by atoms with Crippen LogP contribution in [0.15, 0.2) is 71.7 Å². The fraction of sp³-hybridized carbons (Fsp3) is 0.185. The molecule has 0 aliphatic heterocycles. The maximum atomic E-state index is 13.2. The van der Waals surface area contributed by atoms with E-state index in [1.165, 1.54) is 54.5 Å². The van der Waals surface area contributed by atoms with Crippen LogP contribution < -0.4 is 10.1 Å². The number of hydrogen-bond donors (Lipinski definition) is 1. The molecule has 202 valence electrons. The predicted molar refractivity (Wildman–Crippen MR) is 151 cm³/mol. The molecule has 8 nitrogen and oxygen atoms in total. The average molecular weight is 587 g/mol. The Balaban J connectivity index is 1.47. The standard InChI is InChI=1S/C27H24ClFN4O4S2/c1-4-13-33-24(16(2)37-20-11-9-19(29)10-12-20)31-32-27(33)39-15-22(34)30-25-23(26(35)36-3)21(14-38-25)17-5-7-18(28)8-6-17/h4-12,14,16H,1,13,15H2,2-3H3,(H,30,34). The van der Waals surface area contributed by atoms with Crippen molar-refractivity contribution in [3.8, 4) is 16.9 Å². The number of thiophene rings is 1. The number of benzene rings is 2. The van der Waals surface area contributed by atoms with E-state index in [0.717, 1.165) is 5.56 Å². The molecule has 39 heavy (non-hydrogen) atoms. The van der Waals surface area contributed by atoms with E-state index in [-0.39, 0.29) is 23.0 Å². The minimum atomic E-state index is -0.560. The van der Waals surface area contributed by atoms with Crippen molar-refractivity contribution in [2.24, 2.45) is 0 Å². The second-order valence-corrected chi connectivity index (χ2v) is 10.4. The van der Waals surface area contributed by atoms with Crippen LogP contribution in [0.25, 0.3) is 11.1 Å². The minimum Gasteiger partial charge on any atom is -0.483 e. The molecule has 0 bridgehead atoms. The highest BCUT2D eigenvalue weighted by Crippen LogP contribution is 2.37. The lowest BCUT2D eigenvalue weighted by atomic mass is 10.0. The van der Waals surface area contributed by atoms with Crippen molar-refractivity contribution in [2.45, 2.75) is 24.7 Å². The molecule has 2 aromatic heterocycles. The second-order valence-electron chi connectivity index (χ2n) is 8.14. The van der Waals surface area contributed by atoms with Gasteiger partial charge in [-0.3, -0.25) is 9.36 Å². The number of amides is 1. The molecule has 1 N–H and O–H groups in total. The molecular weight excluding hydrogens is 563 g/mol. The molecule has 4 aromatic rings. The Bertz CT molecular complexity index is 1470. The smallest absolute Gasteiger partial charge is 0.341 e. The van der Waals surface area contributed by atoms with E-state index < -0.39 is 12.1 Å². The predicted octanol–water partition coefficient (Wildman–Crippen LogP) is 6.64. The Kier molecular flexibility index (Phi) is 9.39. The van der Waals surface area contributed by atoms with Crippen molar-refractivity contribution in [2.75, 3.05) is 18.2 Å². The summed E-state index contributed by atoms with van der Waals surface area (Å²) in [5.41, 5.74) is 1.68. The van der Waals surface area contributed by atoms with Crippen LogP contribution in [-0.4, -0.2) is 39.5 Å². The Morgan fingerprint density at radius 3 is 2.59 bits per heavy atom. The topological polar surface area (TPSA) is 95.3 Å². The van der Waals surface area contributed by atoms with Gasteiger partial charge in [-0.1, -0.05) is 41.6 Å². The molecule has 0 aliphatic carbocycles. The third kappa shape index (κ3) is 6.86.